The lowest BCUT2D eigenvalue weighted by Gasteiger charge is -2.36. The molecule has 0 aliphatic carbocycles. The van der Waals surface area contributed by atoms with Crippen molar-refractivity contribution in [3.63, 3.8) is 0 Å². The van der Waals surface area contributed by atoms with Gasteiger partial charge in [-0.25, -0.2) is 0 Å². The topological polar surface area (TPSA) is 61.8 Å². The molecule has 2 fully saturated rings. The van der Waals surface area contributed by atoms with Crippen molar-refractivity contribution in [2.45, 2.75) is 12.8 Å². The monoisotopic (exact) mass is 367 g/mol. The van der Waals surface area contributed by atoms with Gasteiger partial charge < -0.3 is 19.4 Å². The van der Waals surface area contributed by atoms with Gasteiger partial charge >= 0.3 is 0 Å². The minimum atomic E-state index is -0.0410. The number of rotatable bonds is 4. The van der Waals surface area contributed by atoms with Crippen LogP contribution in [0, 0.1) is 0 Å². The first-order valence-electron chi connectivity index (χ1n) is 9.51. The summed E-state index contributed by atoms with van der Waals surface area (Å²) in [5.74, 6) is 1.67. The van der Waals surface area contributed by atoms with Crippen molar-refractivity contribution in [2.24, 2.45) is 0 Å². The van der Waals surface area contributed by atoms with Crippen LogP contribution in [0.5, 0.6) is 5.75 Å². The van der Waals surface area contributed by atoms with Crippen molar-refractivity contribution in [2.75, 3.05) is 56.2 Å². The summed E-state index contributed by atoms with van der Waals surface area (Å²) in [6, 6.07) is 11.7. The summed E-state index contributed by atoms with van der Waals surface area (Å²) in [5, 5.41) is 8.45. The molecule has 2 saturated heterocycles. The Morgan fingerprint density at radius 2 is 1.70 bits per heavy atom. The van der Waals surface area contributed by atoms with Gasteiger partial charge in [0.25, 0.3) is 5.91 Å². The highest BCUT2D eigenvalue weighted by molar-refractivity contribution is 5.92. The normalized spacial score (nSPS) is 17.3. The maximum absolute atomic E-state index is 12.7. The van der Waals surface area contributed by atoms with E-state index < -0.39 is 0 Å². The van der Waals surface area contributed by atoms with E-state index in [1.54, 1.807) is 13.2 Å². The van der Waals surface area contributed by atoms with Crippen LogP contribution in [-0.4, -0.2) is 67.4 Å². The van der Waals surface area contributed by atoms with Gasteiger partial charge in [-0.1, -0.05) is 6.07 Å². The number of nitrogens with zero attached hydrogens (tertiary/aromatic N) is 5. The third-order valence-corrected chi connectivity index (χ3v) is 5.28. The zero-order valence-corrected chi connectivity index (χ0v) is 15.7. The number of amides is 1. The first kappa shape index (κ1) is 17.6. The van der Waals surface area contributed by atoms with Crippen molar-refractivity contribution in [3.8, 4) is 5.75 Å². The second kappa shape index (κ2) is 7.82. The number of hydrogen-bond acceptors (Lipinski definition) is 6. The Morgan fingerprint density at radius 3 is 2.37 bits per heavy atom. The second-order valence-corrected chi connectivity index (χ2v) is 6.95. The molecule has 1 amide bonds. The first-order chi connectivity index (χ1) is 13.2. The highest BCUT2D eigenvalue weighted by Gasteiger charge is 2.24. The Hall–Kier alpha value is -2.83. The summed E-state index contributed by atoms with van der Waals surface area (Å²) in [5.41, 5.74) is 1.55. The molecule has 7 heteroatoms. The van der Waals surface area contributed by atoms with Gasteiger partial charge in [0, 0.05) is 51.0 Å². The van der Waals surface area contributed by atoms with Gasteiger partial charge in [-0.2, -0.15) is 0 Å². The molecule has 0 spiro atoms. The van der Waals surface area contributed by atoms with E-state index in [1.807, 2.05) is 29.2 Å². The lowest BCUT2D eigenvalue weighted by atomic mass is 10.2. The molecule has 142 valence electrons. The quantitative estimate of drug-likeness (QED) is 0.824. The number of benzene rings is 1. The Kier molecular flexibility index (Phi) is 5.09. The smallest absolute Gasteiger partial charge is 0.274 e. The van der Waals surface area contributed by atoms with Gasteiger partial charge in [0.15, 0.2) is 11.5 Å². The minimum absolute atomic E-state index is 0.0410. The molecule has 1 aromatic heterocycles. The average molecular weight is 367 g/mol. The molecule has 0 radical (unpaired) electrons. The van der Waals surface area contributed by atoms with Crippen LogP contribution < -0.4 is 14.5 Å². The van der Waals surface area contributed by atoms with E-state index in [2.05, 4.69) is 26.1 Å². The molecular formula is C20H25N5O2. The molecule has 4 rings (SSSR count). The van der Waals surface area contributed by atoms with Crippen molar-refractivity contribution >= 4 is 17.4 Å². The maximum atomic E-state index is 12.7. The lowest BCUT2D eigenvalue weighted by Crippen LogP contribution is -2.49. The van der Waals surface area contributed by atoms with Gasteiger partial charge in [0.1, 0.15) is 5.75 Å². The molecule has 0 bridgehead atoms. The summed E-state index contributed by atoms with van der Waals surface area (Å²) < 4.78 is 5.30. The Balaban J connectivity index is 1.36. The van der Waals surface area contributed by atoms with E-state index in [1.165, 1.54) is 12.8 Å². The number of ether oxygens (including phenoxy) is 1. The highest BCUT2D eigenvalue weighted by atomic mass is 16.5. The van der Waals surface area contributed by atoms with Gasteiger partial charge in [-0.3, -0.25) is 4.79 Å². The fourth-order valence-electron chi connectivity index (χ4n) is 3.69. The van der Waals surface area contributed by atoms with Gasteiger partial charge in [-0.15, -0.1) is 10.2 Å². The number of aromatic nitrogens is 2. The van der Waals surface area contributed by atoms with Crippen molar-refractivity contribution in [1.82, 2.24) is 15.1 Å². The third kappa shape index (κ3) is 3.82. The number of carbonyl (C=O) groups is 1. The molecule has 2 aliphatic rings. The molecule has 2 aromatic rings. The van der Waals surface area contributed by atoms with Crippen LogP contribution in [0.3, 0.4) is 0 Å². The van der Waals surface area contributed by atoms with Crippen LogP contribution in [-0.2, 0) is 0 Å². The summed E-state index contributed by atoms with van der Waals surface area (Å²) in [6.07, 6.45) is 2.39. The SMILES string of the molecule is COc1cccc(N2CCN(C(=O)c3ccc(N4CCCC4)nn3)CC2)c1. The number of anilines is 2. The predicted octanol–water partition coefficient (Wildman–Crippen LogP) is 2.05. The molecule has 0 atom stereocenters. The highest BCUT2D eigenvalue weighted by Crippen LogP contribution is 2.22. The van der Waals surface area contributed by atoms with Gasteiger partial charge in [0.2, 0.25) is 0 Å². The van der Waals surface area contributed by atoms with E-state index in [-0.39, 0.29) is 5.91 Å². The number of piperazine rings is 1. The molecule has 0 N–H and O–H groups in total. The predicted molar refractivity (Wildman–Crippen MR) is 105 cm³/mol. The van der Waals surface area contributed by atoms with Gasteiger partial charge in [-0.05, 0) is 37.1 Å². The summed E-state index contributed by atoms with van der Waals surface area (Å²) in [7, 11) is 1.67. The third-order valence-electron chi connectivity index (χ3n) is 5.28. The Morgan fingerprint density at radius 1 is 0.926 bits per heavy atom. The zero-order valence-electron chi connectivity index (χ0n) is 15.7. The van der Waals surface area contributed by atoms with Gasteiger partial charge in [0.05, 0.1) is 7.11 Å². The fraction of sp³-hybridized carbons (Fsp3) is 0.450. The van der Waals surface area contributed by atoms with E-state index in [0.29, 0.717) is 18.8 Å². The largest absolute Gasteiger partial charge is 0.497 e. The maximum Gasteiger partial charge on any atom is 0.274 e. The van der Waals surface area contributed by atoms with E-state index in [4.69, 9.17) is 4.74 Å². The molecular weight excluding hydrogens is 342 g/mol. The standard InChI is InChI=1S/C20H25N5O2/c1-27-17-6-4-5-16(15-17)23-11-13-25(14-12-23)20(26)18-7-8-19(22-21-18)24-9-2-3-10-24/h4-8,15H,2-3,9-14H2,1H3. The lowest BCUT2D eigenvalue weighted by molar-refractivity contribution is 0.0739. The van der Waals surface area contributed by atoms with E-state index >= 15 is 0 Å². The zero-order chi connectivity index (χ0) is 18.6. The molecule has 7 nitrogen and oxygen atoms in total. The molecule has 0 saturated carbocycles. The van der Waals surface area contributed by atoms with Crippen LogP contribution >= 0.6 is 0 Å². The number of methoxy groups -OCH3 is 1. The van der Waals surface area contributed by atoms with E-state index in [9.17, 15) is 4.79 Å². The summed E-state index contributed by atoms with van der Waals surface area (Å²) in [6.45, 7) is 4.97. The van der Waals surface area contributed by atoms with Crippen LogP contribution in [0.1, 0.15) is 23.3 Å². The second-order valence-electron chi connectivity index (χ2n) is 6.95. The summed E-state index contributed by atoms with van der Waals surface area (Å²) in [4.78, 5) is 19.1. The molecule has 2 aliphatic heterocycles. The summed E-state index contributed by atoms with van der Waals surface area (Å²) >= 11 is 0. The van der Waals surface area contributed by atoms with Crippen molar-refractivity contribution < 1.29 is 9.53 Å². The number of hydrogen-bond donors (Lipinski definition) is 0. The molecule has 27 heavy (non-hydrogen) atoms. The van der Waals surface area contributed by atoms with Crippen LogP contribution in [0.15, 0.2) is 36.4 Å². The van der Waals surface area contributed by atoms with Crippen LogP contribution in [0.25, 0.3) is 0 Å². The first-order valence-corrected chi connectivity index (χ1v) is 9.51. The molecule has 0 unspecified atom stereocenters. The fourth-order valence-corrected chi connectivity index (χ4v) is 3.69. The molecule has 3 heterocycles. The Bertz CT molecular complexity index is 781. The van der Waals surface area contributed by atoms with Crippen molar-refractivity contribution in [1.29, 1.82) is 0 Å². The van der Waals surface area contributed by atoms with Crippen molar-refractivity contribution in [3.05, 3.63) is 42.1 Å². The van der Waals surface area contributed by atoms with Crippen LogP contribution in [0.4, 0.5) is 11.5 Å². The molecule has 1 aromatic carbocycles. The minimum Gasteiger partial charge on any atom is -0.497 e. The Labute approximate surface area is 159 Å². The van der Waals surface area contributed by atoms with E-state index in [0.717, 1.165) is 43.4 Å². The number of carbonyl (C=O) groups excluding carboxylic acids is 1. The average Bonchev–Trinajstić information content (AvgIpc) is 3.28. The van der Waals surface area contributed by atoms with Crippen LogP contribution in [0.2, 0.25) is 0 Å².